The van der Waals surface area contributed by atoms with Crippen LogP contribution >= 0.6 is 11.5 Å². The third kappa shape index (κ3) is 3.06. The number of carbonyl (C=O) groups excluding carboxylic acids is 1. The Kier molecular flexibility index (Phi) is 4.17. The van der Waals surface area contributed by atoms with Crippen LogP contribution in [-0.4, -0.2) is 56.5 Å². The molecule has 26 heavy (non-hydrogen) atoms. The molecular weight excluding hydrogens is 348 g/mol. The number of fused-ring (bicyclic) bond motifs is 1. The Morgan fingerprint density at radius 3 is 2.42 bits per heavy atom. The fourth-order valence-corrected chi connectivity index (χ4v) is 4.47. The van der Waals surface area contributed by atoms with Gasteiger partial charge in [-0.15, -0.1) is 5.10 Å². The van der Waals surface area contributed by atoms with Crippen molar-refractivity contribution in [2.75, 3.05) is 31.1 Å². The van der Waals surface area contributed by atoms with Gasteiger partial charge in [-0.3, -0.25) is 4.79 Å². The monoisotopic (exact) mass is 372 g/mol. The number of carbonyl (C=O) groups is 1. The van der Waals surface area contributed by atoms with Crippen molar-refractivity contribution in [2.45, 2.75) is 33.1 Å². The molecule has 4 heterocycles. The van der Waals surface area contributed by atoms with Gasteiger partial charge in [-0.1, -0.05) is 25.3 Å². The van der Waals surface area contributed by atoms with Gasteiger partial charge in [0, 0.05) is 49.5 Å². The van der Waals surface area contributed by atoms with Gasteiger partial charge in [0.2, 0.25) is 0 Å². The zero-order valence-electron chi connectivity index (χ0n) is 15.6. The van der Waals surface area contributed by atoms with Crippen molar-refractivity contribution < 1.29 is 4.79 Å². The van der Waals surface area contributed by atoms with Crippen LogP contribution in [0.15, 0.2) is 12.4 Å². The maximum Gasteiger partial charge on any atom is 0.267 e. The lowest BCUT2D eigenvalue weighted by molar-refractivity contribution is 0.0786. The number of likely N-dealkylation sites (tertiary alicyclic amines) is 1. The molecule has 138 valence electrons. The van der Waals surface area contributed by atoms with Gasteiger partial charge in [-0.05, 0) is 18.5 Å². The number of aryl methyl sites for hydroxylation is 1. The minimum atomic E-state index is 0.0111. The zero-order valence-corrected chi connectivity index (χ0v) is 16.5. The number of aromatic nitrogens is 4. The molecule has 2 aliphatic heterocycles. The second kappa shape index (κ2) is 6.26. The summed E-state index contributed by atoms with van der Waals surface area (Å²) in [4.78, 5) is 26.6. The van der Waals surface area contributed by atoms with Crippen molar-refractivity contribution in [1.29, 1.82) is 0 Å². The molecule has 8 heteroatoms. The number of amides is 1. The van der Waals surface area contributed by atoms with E-state index in [0.29, 0.717) is 16.7 Å². The van der Waals surface area contributed by atoms with E-state index in [1.165, 1.54) is 11.5 Å². The van der Waals surface area contributed by atoms with E-state index in [2.05, 4.69) is 51.3 Å². The summed E-state index contributed by atoms with van der Waals surface area (Å²) in [6, 6.07) is 2.11. The molecule has 0 spiro atoms. The van der Waals surface area contributed by atoms with Gasteiger partial charge in [0.1, 0.15) is 17.0 Å². The lowest BCUT2D eigenvalue weighted by atomic mass is 9.92. The lowest BCUT2D eigenvalue weighted by Crippen LogP contribution is -2.33. The summed E-state index contributed by atoms with van der Waals surface area (Å²) in [5.74, 6) is 2.07. The van der Waals surface area contributed by atoms with Gasteiger partial charge in [0.25, 0.3) is 5.91 Å². The third-order valence-corrected chi connectivity index (χ3v) is 6.18. The third-order valence-electron chi connectivity index (χ3n) is 5.36. The summed E-state index contributed by atoms with van der Waals surface area (Å²) in [6.45, 7) is 11.8. The minimum Gasteiger partial charge on any atom is -0.356 e. The molecule has 0 N–H and O–H groups in total. The summed E-state index contributed by atoms with van der Waals surface area (Å²) < 4.78 is 3.89. The topological polar surface area (TPSA) is 75.1 Å². The zero-order chi connectivity index (χ0) is 18.5. The molecule has 2 aliphatic rings. The maximum atomic E-state index is 12.7. The number of nitrogens with zero attached hydrogens (tertiary/aromatic N) is 6. The molecule has 2 atom stereocenters. The smallest absolute Gasteiger partial charge is 0.267 e. The number of anilines is 1. The van der Waals surface area contributed by atoms with Gasteiger partial charge < -0.3 is 9.80 Å². The van der Waals surface area contributed by atoms with Gasteiger partial charge in [-0.25, -0.2) is 9.97 Å². The van der Waals surface area contributed by atoms with Crippen molar-refractivity contribution in [3.8, 4) is 0 Å². The molecule has 4 rings (SSSR count). The van der Waals surface area contributed by atoms with Crippen molar-refractivity contribution in [1.82, 2.24) is 24.5 Å². The van der Waals surface area contributed by atoms with Crippen LogP contribution < -0.4 is 4.90 Å². The SMILES string of the molecule is Cc1nnsc1C(=O)N1CC2CN(c3cc(C(C)(C)C)ncn3)CC2C1. The highest BCUT2D eigenvalue weighted by Gasteiger charge is 2.42. The Morgan fingerprint density at radius 1 is 1.15 bits per heavy atom. The van der Waals surface area contributed by atoms with E-state index in [1.54, 1.807) is 6.33 Å². The highest BCUT2D eigenvalue weighted by molar-refractivity contribution is 7.07. The Morgan fingerprint density at radius 2 is 1.85 bits per heavy atom. The fourth-order valence-electron chi connectivity index (χ4n) is 3.85. The maximum absolute atomic E-state index is 12.7. The van der Waals surface area contributed by atoms with Crippen LogP contribution in [0.3, 0.4) is 0 Å². The Hall–Kier alpha value is -2.09. The van der Waals surface area contributed by atoms with Crippen molar-refractivity contribution in [3.63, 3.8) is 0 Å². The quantitative estimate of drug-likeness (QED) is 0.804. The van der Waals surface area contributed by atoms with Crippen molar-refractivity contribution in [2.24, 2.45) is 11.8 Å². The normalized spacial score (nSPS) is 22.8. The minimum absolute atomic E-state index is 0.0111. The Bertz CT molecular complexity index is 815. The van der Waals surface area contributed by atoms with Crippen LogP contribution in [0, 0.1) is 18.8 Å². The van der Waals surface area contributed by atoms with E-state index in [0.717, 1.165) is 43.4 Å². The lowest BCUT2D eigenvalue weighted by Gasteiger charge is -2.24. The van der Waals surface area contributed by atoms with Crippen LogP contribution in [0.25, 0.3) is 0 Å². The molecule has 0 aliphatic carbocycles. The molecule has 2 aromatic heterocycles. The number of hydrogen-bond donors (Lipinski definition) is 0. The Balaban J connectivity index is 1.44. The van der Waals surface area contributed by atoms with E-state index >= 15 is 0 Å². The summed E-state index contributed by atoms with van der Waals surface area (Å²) in [6.07, 6.45) is 1.67. The van der Waals surface area contributed by atoms with E-state index in [-0.39, 0.29) is 11.3 Å². The molecule has 1 amide bonds. The second-order valence-corrected chi connectivity index (χ2v) is 9.09. The first-order valence-electron chi connectivity index (χ1n) is 8.98. The Labute approximate surface area is 157 Å². The highest BCUT2D eigenvalue weighted by atomic mass is 32.1. The summed E-state index contributed by atoms with van der Waals surface area (Å²) >= 11 is 1.19. The molecule has 7 nitrogen and oxygen atoms in total. The van der Waals surface area contributed by atoms with E-state index in [1.807, 2.05) is 11.8 Å². The first-order chi connectivity index (χ1) is 12.3. The molecule has 0 aromatic carbocycles. The van der Waals surface area contributed by atoms with Crippen molar-refractivity contribution >= 4 is 23.3 Å². The summed E-state index contributed by atoms with van der Waals surface area (Å²) in [5.41, 5.74) is 1.80. The summed E-state index contributed by atoms with van der Waals surface area (Å²) in [5, 5.41) is 3.96. The molecule has 0 saturated carbocycles. The number of hydrogen-bond acceptors (Lipinski definition) is 7. The fraction of sp³-hybridized carbons (Fsp3) is 0.611. The second-order valence-electron chi connectivity index (χ2n) is 8.33. The van der Waals surface area contributed by atoms with E-state index < -0.39 is 0 Å². The predicted octanol–water partition coefficient (Wildman–Crippen LogP) is 2.14. The standard InChI is InChI=1S/C18H24N6OS/c1-11-16(26-22-21-11)17(25)24-8-12-6-23(7-13(12)9-24)15-5-14(18(2,3)4)19-10-20-15/h5,10,12-13H,6-9H2,1-4H3. The molecule has 2 aromatic rings. The first kappa shape index (κ1) is 17.3. The van der Waals surface area contributed by atoms with E-state index in [9.17, 15) is 4.79 Å². The van der Waals surface area contributed by atoms with Crippen molar-refractivity contribution in [3.05, 3.63) is 28.7 Å². The van der Waals surface area contributed by atoms with Crippen LogP contribution in [0.2, 0.25) is 0 Å². The van der Waals surface area contributed by atoms with Gasteiger partial charge in [0.15, 0.2) is 0 Å². The predicted molar refractivity (Wildman–Crippen MR) is 100 cm³/mol. The average Bonchev–Trinajstić information content (AvgIpc) is 3.27. The van der Waals surface area contributed by atoms with Crippen LogP contribution in [0.1, 0.15) is 41.8 Å². The number of rotatable bonds is 2. The van der Waals surface area contributed by atoms with Gasteiger partial charge in [0.05, 0.1) is 11.4 Å². The molecule has 0 radical (unpaired) electrons. The van der Waals surface area contributed by atoms with E-state index in [4.69, 9.17) is 0 Å². The first-order valence-corrected chi connectivity index (χ1v) is 9.76. The van der Waals surface area contributed by atoms with Gasteiger partial charge >= 0.3 is 0 Å². The summed E-state index contributed by atoms with van der Waals surface area (Å²) in [7, 11) is 0. The molecule has 2 saturated heterocycles. The molecule has 0 bridgehead atoms. The largest absolute Gasteiger partial charge is 0.356 e. The highest BCUT2D eigenvalue weighted by Crippen LogP contribution is 2.35. The average molecular weight is 372 g/mol. The molecule has 2 fully saturated rings. The van der Waals surface area contributed by atoms with Crippen LogP contribution in [0.4, 0.5) is 5.82 Å². The van der Waals surface area contributed by atoms with Gasteiger partial charge in [-0.2, -0.15) is 0 Å². The van der Waals surface area contributed by atoms with Crippen LogP contribution in [0.5, 0.6) is 0 Å². The molecule has 2 unspecified atom stereocenters. The molecular formula is C18H24N6OS. The van der Waals surface area contributed by atoms with Crippen LogP contribution in [-0.2, 0) is 5.41 Å².